The molecule has 284 valence electrons. The molecule has 2 N–H and O–H groups in total. The number of fused-ring (bicyclic) bond motifs is 2. The fourth-order valence-corrected chi connectivity index (χ4v) is 8.56. The summed E-state index contributed by atoms with van der Waals surface area (Å²) in [5.41, 5.74) is 2.54. The van der Waals surface area contributed by atoms with Crippen LogP contribution in [-0.4, -0.2) is 56.9 Å². The molecule has 0 spiro atoms. The molecule has 3 unspecified atom stereocenters. The molecule has 2 heterocycles. The molecule has 6 rings (SSSR count). The number of nitrogens with zero attached hydrogens (tertiary/aromatic N) is 1. The average molecular weight is 766 g/mol. The lowest BCUT2D eigenvalue weighted by Crippen LogP contribution is -2.40. The summed E-state index contributed by atoms with van der Waals surface area (Å²) in [7, 11) is -4.21. The van der Waals surface area contributed by atoms with E-state index in [1.807, 2.05) is 32.0 Å². The van der Waals surface area contributed by atoms with Gasteiger partial charge in [0.25, 0.3) is 0 Å². The SMILES string of the molecule is CCc1cccc(CC)c1C1(C(=O)NS(=O)(=O)Cc2ccc(C3NC(OCC(F)(F)F)C4=C3C(=O)C(OCC(F)(F)F)c3cccnc34)c(C)c2)CC1. The zero-order valence-electron chi connectivity index (χ0n) is 29.0. The minimum atomic E-state index is -4.78. The summed E-state index contributed by atoms with van der Waals surface area (Å²) in [6, 6.07) is 11.7. The van der Waals surface area contributed by atoms with E-state index in [2.05, 4.69) is 15.0 Å². The summed E-state index contributed by atoms with van der Waals surface area (Å²) in [5.74, 6) is -2.11. The van der Waals surface area contributed by atoms with Crippen LogP contribution in [0.5, 0.6) is 0 Å². The fraction of sp³-hybridized carbons (Fsp3) is 0.432. The number of benzene rings is 2. The van der Waals surface area contributed by atoms with Crippen molar-refractivity contribution in [3.05, 3.63) is 105 Å². The first kappa shape index (κ1) is 38.6. The van der Waals surface area contributed by atoms with E-state index in [4.69, 9.17) is 9.47 Å². The van der Waals surface area contributed by atoms with Gasteiger partial charge in [-0.15, -0.1) is 0 Å². The molecular formula is C37H37F6N3O6S. The third-order valence-corrected chi connectivity index (χ3v) is 11.0. The lowest BCUT2D eigenvalue weighted by molar-refractivity contribution is -0.187. The zero-order chi connectivity index (χ0) is 38.5. The van der Waals surface area contributed by atoms with Crippen molar-refractivity contribution in [3.63, 3.8) is 0 Å². The third-order valence-electron chi connectivity index (χ3n) is 9.78. The van der Waals surface area contributed by atoms with Gasteiger partial charge in [0.05, 0.1) is 22.9 Å². The maximum atomic E-state index is 13.9. The highest BCUT2D eigenvalue weighted by Crippen LogP contribution is 2.52. The normalized spacial score (nSPS) is 21.0. The number of hydrogen-bond donors (Lipinski definition) is 2. The molecule has 16 heteroatoms. The second kappa shape index (κ2) is 14.3. The Morgan fingerprint density at radius 2 is 1.57 bits per heavy atom. The summed E-state index contributed by atoms with van der Waals surface area (Å²) < 4.78 is 119. The number of ether oxygens (including phenoxy) is 2. The number of nitrogens with one attached hydrogen (secondary N) is 2. The van der Waals surface area contributed by atoms with E-state index in [-0.39, 0.29) is 28.0 Å². The number of aromatic nitrogens is 1. The molecule has 0 bridgehead atoms. The molecule has 3 aliphatic rings. The standard InChI is InChI=1S/C37H37F6N3O6S/c1-4-22-8-6-9-23(5-2)28(22)35(13-14-35)34(48)46-53(49,50)17-21-11-12-24(20(3)16-21)30-26-27(33(45-30)52-19-37(41,42)43)29-25(10-7-15-44-29)32(31(26)47)51-18-36(38,39)40/h6-12,15-16,30,32-33,45H,4-5,13-14,17-19H2,1-3H3,(H,46,48). The number of sulfonamides is 1. The van der Waals surface area contributed by atoms with Crippen molar-refractivity contribution in [1.82, 2.24) is 15.0 Å². The Hall–Kier alpha value is -4.12. The lowest BCUT2D eigenvalue weighted by Gasteiger charge is -2.28. The van der Waals surface area contributed by atoms with E-state index >= 15 is 0 Å². The molecule has 1 fully saturated rings. The number of carbonyl (C=O) groups excluding carboxylic acids is 2. The number of alkyl halides is 6. The first-order valence-corrected chi connectivity index (χ1v) is 18.6. The van der Waals surface area contributed by atoms with Crippen LogP contribution in [0.3, 0.4) is 0 Å². The van der Waals surface area contributed by atoms with Gasteiger partial charge in [-0.3, -0.25) is 24.6 Å². The molecule has 1 amide bonds. The Labute approximate surface area is 302 Å². The Morgan fingerprint density at radius 1 is 0.925 bits per heavy atom. The number of aryl methyl sites for hydroxylation is 3. The van der Waals surface area contributed by atoms with Gasteiger partial charge in [-0.2, -0.15) is 26.3 Å². The van der Waals surface area contributed by atoms with Crippen molar-refractivity contribution in [2.45, 2.75) is 88.3 Å². The Balaban J connectivity index is 1.29. The van der Waals surface area contributed by atoms with Gasteiger partial charge in [-0.1, -0.05) is 56.3 Å². The van der Waals surface area contributed by atoms with E-state index < -0.39 is 76.8 Å². The molecule has 2 aliphatic carbocycles. The summed E-state index contributed by atoms with van der Waals surface area (Å²) >= 11 is 0. The number of hydrogen-bond acceptors (Lipinski definition) is 8. The minimum Gasteiger partial charge on any atom is -0.356 e. The van der Waals surface area contributed by atoms with Crippen molar-refractivity contribution in [2.75, 3.05) is 13.2 Å². The first-order valence-electron chi connectivity index (χ1n) is 17.0. The van der Waals surface area contributed by atoms with Gasteiger partial charge < -0.3 is 9.47 Å². The molecule has 9 nitrogen and oxygen atoms in total. The van der Waals surface area contributed by atoms with Crippen molar-refractivity contribution >= 4 is 27.3 Å². The van der Waals surface area contributed by atoms with Crippen LogP contribution in [0, 0.1) is 6.92 Å². The predicted molar refractivity (Wildman–Crippen MR) is 181 cm³/mol. The van der Waals surface area contributed by atoms with Crippen LogP contribution >= 0.6 is 0 Å². The molecular weight excluding hydrogens is 728 g/mol. The minimum absolute atomic E-state index is 0.0476. The average Bonchev–Trinajstić information content (AvgIpc) is 3.80. The number of rotatable bonds is 12. The van der Waals surface area contributed by atoms with Crippen LogP contribution in [0.1, 0.15) is 83.5 Å². The summed E-state index contributed by atoms with van der Waals surface area (Å²) in [5, 5.41) is 2.87. The van der Waals surface area contributed by atoms with Crippen molar-refractivity contribution in [3.8, 4) is 0 Å². The maximum absolute atomic E-state index is 13.9. The molecule has 1 aliphatic heterocycles. The number of Topliss-reactive ketones (excluding diaryl/α,β-unsaturated/α-hetero) is 1. The summed E-state index contributed by atoms with van der Waals surface area (Å²) in [4.78, 5) is 31.7. The smallest absolute Gasteiger partial charge is 0.356 e. The number of pyridine rings is 1. The van der Waals surface area contributed by atoms with Crippen molar-refractivity contribution < 1.29 is 53.8 Å². The summed E-state index contributed by atoms with van der Waals surface area (Å²) in [6.45, 7) is 2.06. The van der Waals surface area contributed by atoms with Crippen LogP contribution in [0.25, 0.3) is 5.57 Å². The second-order valence-corrected chi connectivity index (χ2v) is 15.2. The highest BCUT2D eigenvalue weighted by Gasteiger charge is 2.54. The quantitative estimate of drug-likeness (QED) is 0.203. The van der Waals surface area contributed by atoms with E-state index in [1.165, 1.54) is 36.5 Å². The van der Waals surface area contributed by atoms with Crippen LogP contribution in [0.2, 0.25) is 0 Å². The van der Waals surface area contributed by atoms with Crippen LogP contribution in [0.15, 0.2) is 60.3 Å². The highest BCUT2D eigenvalue weighted by molar-refractivity contribution is 7.89. The maximum Gasteiger partial charge on any atom is 0.411 e. The molecule has 1 saturated carbocycles. The Morgan fingerprint density at radius 3 is 2.15 bits per heavy atom. The van der Waals surface area contributed by atoms with Crippen molar-refractivity contribution in [2.24, 2.45) is 0 Å². The van der Waals surface area contributed by atoms with E-state index in [0.717, 1.165) is 16.7 Å². The topological polar surface area (TPSA) is 124 Å². The number of carbonyl (C=O) groups is 2. The third kappa shape index (κ3) is 7.91. The molecule has 0 saturated heterocycles. The predicted octanol–water partition coefficient (Wildman–Crippen LogP) is 6.40. The highest BCUT2D eigenvalue weighted by atomic mass is 32.2. The second-order valence-electron chi connectivity index (χ2n) is 13.5. The first-order chi connectivity index (χ1) is 24.9. The fourth-order valence-electron chi connectivity index (χ4n) is 7.39. The molecule has 53 heavy (non-hydrogen) atoms. The molecule has 0 radical (unpaired) electrons. The van der Waals surface area contributed by atoms with Crippen molar-refractivity contribution in [1.29, 1.82) is 0 Å². The molecule has 2 aromatic carbocycles. The monoisotopic (exact) mass is 765 g/mol. The number of ketones is 1. The van der Waals surface area contributed by atoms with Gasteiger partial charge in [0.2, 0.25) is 15.9 Å². The molecule has 3 atom stereocenters. The summed E-state index contributed by atoms with van der Waals surface area (Å²) in [6.07, 6.45) is -9.18. The van der Waals surface area contributed by atoms with E-state index in [9.17, 15) is 44.3 Å². The van der Waals surface area contributed by atoms with Crippen LogP contribution < -0.4 is 10.0 Å². The van der Waals surface area contributed by atoms with Gasteiger partial charge in [0.1, 0.15) is 25.5 Å². The van der Waals surface area contributed by atoms with Gasteiger partial charge in [-0.25, -0.2) is 8.42 Å². The largest absolute Gasteiger partial charge is 0.411 e. The van der Waals surface area contributed by atoms with E-state index in [1.54, 1.807) is 6.92 Å². The van der Waals surface area contributed by atoms with Gasteiger partial charge in [-0.05, 0) is 72.1 Å². The van der Waals surface area contributed by atoms with E-state index in [0.29, 0.717) is 36.8 Å². The Kier molecular flexibility index (Phi) is 10.4. The molecule has 1 aromatic heterocycles. The Bertz CT molecular complexity index is 2050. The lowest BCUT2D eigenvalue weighted by atomic mass is 9.82. The van der Waals surface area contributed by atoms with Gasteiger partial charge in [0.15, 0.2) is 5.78 Å². The number of halogens is 6. The van der Waals surface area contributed by atoms with Gasteiger partial charge >= 0.3 is 12.4 Å². The molecule has 3 aromatic rings. The zero-order valence-corrected chi connectivity index (χ0v) is 29.8. The van der Waals surface area contributed by atoms with Crippen LogP contribution in [0.4, 0.5) is 26.3 Å². The number of amides is 1. The van der Waals surface area contributed by atoms with Crippen LogP contribution in [-0.2, 0) is 53.1 Å². The van der Waals surface area contributed by atoms with Gasteiger partial charge in [0, 0.05) is 22.9 Å².